The zero-order chi connectivity index (χ0) is 14.3. The summed E-state index contributed by atoms with van der Waals surface area (Å²) in [6.45, 7) is 2.25. The molecule has 0 heterocycles. The first kappa shape index (κ1) is 21.9. The minimum Gasteiger partial charge on any atom is -1.00 e. The number of carboxylic acid groups (broad SMARTS) is 1. The van der Waals surface area contributed by atoms with Crippen LogP contribution < -0.4 is 0 Å². The predicted octanol–water partition coefficient (Wildman–Crippen LogP) is 4.37. The Labute approximate surface area is 131 Å². The van der Waals surface area contributed by atoms with Crippen LogP contribution in [-0.2, 0) is 4.79 Å². The van der Waals surface area contributed by atoms with E-state index in [-0.39, 0.29) is 13.0 Å². The fourth-order valence-electron chi connectivity index (χ4n) is 2.30. The molecule has 2 N–H and O–H groups in total. The van der Waals surface area contributed by atoms with Gasteiger partial charge in [-0.1, -0.05) is 84.0 Å². The third-order valence-electron chi connectivity index (χ3n) is 3.62. The number of unbranched alkanes of at least 4 members (excludes halogenated alkanes) is 11. The van der Waals surface area contributed by atoms with E-state index in [1.807, 2.05) is 0 Å². The maximum atomic E-state index is 10.4. The Morgan fingerprint density at radius 2 is 1.20 bits per heavy atom. The summed E-state index contributed by atoms with van der Waals surface area (Å²) in [7, 11) is 0. The molecule has 0 spiro atoms. The van der Waals surface area contributed by atoms with E-state index in [1.165, 1.54) is 64.2 Å². The molecule has 0 aromatic rings. The topological polar surface area (TPSA) is 57.5 Å². The molecule has 0 bridgehead atoms. The average molecular weight is 283 g/mol. The van der Waals surface area contributed by atoms with Gasteiger partial charge in [0.05, 0.1) is 0 Å². The van der Waals surface area contributed by atoms with Crippen LogP contribution in [0.1, 0.15) is 93.2 Å². The summed E-state index contributed by atoms with van der Waals surface area (Å²) in [6.07, 6.45) is 14.4. The van der Waals surface area contributed by atoms with Crippen molar-refractivity contribution in [2.45, 2.75) is 96.5 Å². The molecule has 4 heteroatoms. The molecule has 0 radical (unpaired) electrons. The van der Waals surface area contributed by atoms with E-state index >= 15 is 0 Å². The van der Waals surface area contributed by atoms with E-state index in [4.69, 9.17) is 10.2 Å². The van der Waals surface area contributed by atoms with Crippen molar-refractivity contribution in [3.63, 3.8) is 0 Å². The van der Waals surface area contributed by atoms with E-state index in [0.717, 1.165) is 12.8 Å². The second-order valence-electron chi connectivity index (χ2n) is 5.53. The number of aliphatic carboxylic acids is 1. The van der Waals surface area contributed by atoms with Gasteiger partial charge in [0.1, 0.15) is 0 Å². The van der Waals surface area contributed by atoms with Crippen molar-refractivity contribution in [1.82, 2.24) is 0 Å². The summed E-state index contributed by atoms with van der Waals surface area (Å²) in [6, 6.07) is 0. The van der Waals surface area contributed by atoms with Crippen molar-refractivity contribution in [2.24, 2.45) is 0 Å². The molecule has 1 atom stereocenters. The van der Waals surface area contributed by atoms with Crippen LogP contribution in [0.3, 0.4) is 0 Å². The van der Waals surface area contributed by atoms with Crippen LogP contribution in [0.15, 0.2) is 0 Å². The molecular formula is C16H34BeO3. The Morgan fingerprint density at radius 1 is 0.850 bits per heavy atom. The third kappa shape index (κ3) is 15.7. The maximum Gasteiger partial charge on any atom is 2.00 e. The Bertz CT molecular complexity index is 220. The number of carbonyl (C=O) groups is 1. The fourth-order valence-corrected chi connectivity index (χ4v) is 2.30. The monoisotopic (exact) mass is 283 g/mol. The summed E-state index contributed by atoms with van der Waals surface area (Å²) in [4.78, 5) is 10.4. The van der Waals surface area contributed by atoms with Gasteiger partial charge in [0.2, 0.25) is 0 Å². The average Bonchev–Trinajstić information content (AvgIpc) is 2.39. The second kappa shape index (κ2) is 16.7. The molecular weight excluding hydrogens is 249 g/mol. The van der Waals surface area contributed by atoms with Gasteiger partial charge >= 0.3 is 16.1 Å². The molecule has 0 aliphatic carbocycles. The zero-order valence-corrected chi connectivity index (χ0v) is 13.3. The molecule has 0 saturated heterocycles. The molecule has 20 heavy (non-hydrogen) atoms. The summed E-state index contributed by atoms with van der Waals surface area (Å²) >= 11 is 0. The SMILES string of the molecule is CCCCCCCCCCCCCCC(O)C(=O)O.[Be+2].[H-].[H-]. The quantitative estimate of drug-likeness (QED) is 0.368. The Hall–Kier alpha value is -0.401. The molecule has 0 rings (SSSR count). The smallest absolute Gasteiger partial charge is 1.00 e. The molecule has 0 aliphatic rings. The number of hydrogen-bond acceptors (Lipinski definition) is 2. The largest absolute Gasteiger partial charge is 2.00 e. The third-order valence-corrected chi connectivity index (χ3v) is 3.62. The van der Waals surface area contributed by atoms with Gasteiger partial charge < -0.3 is 13.1 Å². The van der Waals surface area contributed by atoms with Gasteiger partial charge in [-0.05, 0) is 6.42 Å². The van der Waals surface area contributed by atoms with Gasteiger partial charge in [0.25, 0.3) is 0 Å². The first-order valence-corrected chi connectivity index (χ1v) is 8.09. The minimum absolute atomic E-state index is 0. The van der Waals surface area contributed by atoms with E-state index in [1.54, 1.807) is 0 Å². The van der Waals surface area contributed by atoms with Crippen molar-refractivity contribution in [3.05, 3.63) is 0 Å². The van der Waals surface area contributed by atoms with Crippen LogP contribution in [0.25, 0.3) is 0 Å². The normalized spacial score (nSPS) is 11.9. The number of aliphatic hydroxyl groups is 1. The molecule has 0 aliphatic heterocycles. The summed E-state index contributed by atoms with van der Waals surface area (Å²) in [5.74, 6) is -1.09. The maximum absolute atomic E-state index is 10.4. The van der Waals surface area contributed by atoms with Crippen molar-refractivity contribution in [1.29, 1.82) is 0 Å². The molecule has 0 amide bonds. The summed E-state index contributed by atoms with van der Waals surface area (Å²) in [5, 5.41) is 17.6. The van der Waals surface area contributed by atoms with Crippen LogP contribution in [0.4, 0.5) is 0 Å². The van der Waals surface area contributed by atoms with E-state index in [2.05, 4.69) is 6.92 Å². The van der Waals surface area contributed by atoms with Gasteiger partial charge in [-0.15, -0.1) is 0 Å². The van der Waals surface area contributed by atoms with E-state index < -0.39 is 12.1 Å². The van der Waals surface area contributed by atoms with Crippen LogP contribution in [0.5, 0.6) is 0 Å². The minimum atomic E-state index is -1.16. The number of rotatable bonds is 14. The second-order valence-corrected chi connectivity index (χ2v) is 5.53. The van der Waals surface area contributed by atoms with Crippen LogP contribution >= 0.6 is 0 Å². The Kier molecular flexibility index (Phi) is 18.2. The first-order chi connectivity index (χ1) is 9.18. The van der Waals surface area contributed by atoms with Crippen molar-refractivity contribution < 1.29 is 17.9 Å². The van der Waals surface area contributed by atoms with Gasteiger partial charge in [-0.2, -0.15) is 0 Å². The van der Waals surface area contributed by atoms with Crippen LogP contribution in [-0.4, -0.2) is 32.4 Å². The molecule has 3 nitrogen and oxygen atoms in total. The summed E-state index contributed by atoms with van der Waals surface area (Å²) < 4.78 is 0. The predicted molar refractivity (Wildman–Crippen MR) is 87.3 cm³/mol. The van der Waals surface area contributed by atoms with Gasteiger partial charge in [0.15, 0.2) is 6.10 Å². The van der Waals surface area contributed by atoms with Gasteiger partial charge in [0, 0.05) is 0 Å². The molecule has 1 unspecified atom stereocenters. The van der Waals surface area contributed by atoms with Crippen LogP contribution in [0.2, 0.25) is 0 Å². The van der Waals surface area contributed by atoms with Crippen molar-refractivity contribution in [3.8, 4) is 0 Å². The fraction of sp³-hybridized carbons (Fsp3) is 0.938. The molecule has 0 saturated carbocycles. The molecule has 0 fully saturated rings. The Morgan fingerprint density at radius 3 is 1.55 bits per heavy atom. The Balaban J connectivity index is -0.000000540. The standard InChI is InChI=1S/C16H32O3.Be.2H/c1-2-3-4-5-6-7-8-9-10-11-12-13-14-15(17)16(18)19;;;/h15,17H,2-14H2,1H3,(H,18,19);;;/q;+2;2*-1. The van der Waals surface area contributed by atoms with Gasteiger partial charge in [-0.3, -0.25) is 0 Å². The molecule has 0 aromatic carbocycles. The molecule has 118 valence electrons. The van der Waals surface area contributed by atoms with Gasteiger partial charge in [-0.25, -0.2) is 4.79 Å². The zero-order valence-electron chi connectivity index (χ0n) is 15.3. The number of aliphatic hydroxyl groups excluding tert-OH is 1. The summed E-state index contributed by atoms with van der Waals surface area (Å²) in [5.41, 5.74) is 0. The van der Waals surface area contributed by atoms with E-state index in [0.29, 0.717) is 6.42 Å². The van der Waals surface area contributed by atoms with Crippen LogP contribution in [0, 0.1) is 0 Å². The first-order valence-electron chi connectivity index (χ1n) is 8.09. The molecule has 0 aromatic heterocycles. The number of hydrogen-bond donors (Lipinski definition) is 2. The number of carboxylic acids is 1. The van der Waals surface area contributed by atoms with Crippen molar-refractivity contribution >= 4 is 16.1 Å². The van der Waals surface area contributed by atoms with Crippen molar-refractivity contribution in [2.75, 3.05) is 0 Å². The van der Waals surface area contributed by atoms with E-state index in [9.17, 15) is 4.79 Å².